The number of ether oxygens (including phenoxy) is 3. The fourth-order valence-electron chi connectivity index (χ4n) is 2.47. The molecule has 1 N–H and O–H groups in total. The van der Waals surface area contributed by atoms with E-state index in [2.05, 4.69) is 10.1 Å². The molecule has 1 saturated heterocycles. The average Bonchev–Trinajstić information content (AvgIpc) is 2.92. The lowest BCUT2D eigenvalue weighted by atomic mass is 10.0. The van der Waals surface area contributed by atoms with Gasteiger partial charge in [-0.25, -0.2) is 4.79 Å². The van der Waals surface area contributed by atoms with Crippen molar-refractivity contribution in [3.8, 4) is 0 Å². The molecule has 2 rings (SSSR count). The summed E-state index contributed by atoms with van der Waals surface area (Å²) in [5.41, 5.74) is 0.185. The van der Waals surface area contributed by atoms with Gasteiger partial charge in [-0.05, 0) is 32.9 Å². The maximum atomic E-state index is 14.6. The van der Waals surface area contributed by atoms with Crippen molar-refractivity contribution in [1.29, 1.82) is 0 Å². The van der Waals surface area contributed by atoms with E-state index in [0.29, 0.717) is 0 Å². The minimum Gasteiger partial charge on any atom is -0.461 e. The van der Waals surface area contributed by atoms with Gasteiger partial charge >= 0.3 is 11.9 Å². The zero-order valence-electron chi connectivity index (χ0n) is 14.3. The molecule has 0 radical (unpaired) electrons. The number of nitrogens with one attached hydrogen (secondary N) is 1. The van der Waals surface area contributed by atoms with Crippen molar-refractivity contribution in [3.05, 3.63) is 35.9 Å². The number of benzene rings is 1. The number of halogens is 2. The predicted molar refractivity (Wildman–Crippen MR) is 84.2 cm³/mol. The molecule has 1 amide bonds. The number of hydrogen-bond acceptors (Lipinski definition) is 5. The smallest absolute Gasteiger partial charge is 0.379 e. The highest BCUT2D eigenvalue weighted by molar-refractivity contribution is 5.95. The predicted octanol–water partition coefficient (Wildman–Crippen LogP) is 2.13. The van der Waals surface area contributed by atoms with Gasteiger partial charge in [0, 0.05) is 5.56 Å². The molecule has 6 nitrogen and oxygen atoms in total. The zero-order valence-corrected chi connectivity index (χ0v) is 14.3. The summed E-state index contributed by atoms with van der Waals surface area (Å²) < 4.78 is 44.4. The maximum absolute atomic E-state index is 14.6. The second-order valence-corrected chi connectivity index (χ2v) is 6.03. The third-order valence-electron chi connectivity index (χ3n) is 3.66. The Kier molecular flexibility index (Phi) is 5.74. The number of amides is 1. The number of alkyl halides is 2. The zero-order chi connectivity index (χ0) is 18.7. The van der Waals surface area contributed by atoms with E-state index in [4.69, 9.17) is 9.47 Å². The summed E-state index contributed by atoms with van der Waals surface area (Å²) in [6, 6.07) is 5.92. The van der Waals surface area contributed by atoms with E-state index in [1.165, 1.54) is 19.1 Å². The van der Waals surface area contributed by atoms with Gasteiger partial charge in [-0.1, -0.05) is 18.2 Å². The highest BCUT2D eigenvalue weighted by atomic mass is 19.3. The fourth-order valence-corrected chi connectivity index (χ4v) is 2.47. The summed E-state index contributed by atoms with van der Waals surface area (Å²) in [6.45, 7) is 4.14. The molecule has 1 aliphatic heterocycles. The first kappa shape index (κ1) is 19.3. The van der Waals surface area contributed by atoms with E-state index in [0.717, 1.165) is 0 Å². The molecule has 1 aliphatic rings. The van der Waals surface area contributed by atoms with Crippen molar-refractivity contribution >= 4 is 11.9 Å². The number of esters is 1. The Bertz CT molecular complexity index is 621. The van der Waals surface area contributed by atoms with Crippen molar-refractivity contribution in [2.45, 2.75) is 44.6 Å². The quantitative estimate of drug-likeness (QED) is 0.790. The van der Waals surface area contributed by atoms with E-state index in [1.807, 2.05) is 0 Å². The number of rotatable bonds is 6. The third kappa shape index (κ3) is 4.52. The Morgan fingerprint density at radius 3 is 2.52 bits per heavy atom. The van der Waals surface area contributed by atoms with Crippen LogP contribution < -0.4 is 5.32 Å². The lowest BCUT2D eigenvalue weighted by Gasteiger charge is -2.30. The van der Waals surface area contributed by atoms with Crippen LogP contribution in [0.2, 0.25) is 0 Å². The van der Waals surface area contributed by atoms with Crippen LogP contribution in [0.3, 0.4) is 0 Å². The molecule has 1 aromatic rings. The topological polar surface area (TPSA) is 73.9 Å². The first-order chi connectivity index (χ1) is 11.7. The van der Waals surface area contributed by atoms with Crippen LogP contribution in [0.4, 0.5) is 8.78 Å². The standard InChI is InChI=1S/C17H21F2NO5/c1-4-23-15(22)17(18,19)13(12-10-24-16(2,3)25-12)20-14(21)11-8-6-5-7-9-11/h5-9,12-13H,4,10H2,1-3H3,(H,20,21)/t12-,13-/m1/s1. The van der Waals surface area contributed by atoms with Gasteiger partial charge in [0.05, 0.1) is 13.2 Å². The van der Waals surface area contributed by atoms with Gasteiger partial charge in [0.1, 0.15) is 12.1 Å². The highest BCUT2D eigenvalue weighted by Crippen LogP contribution is 2.32. The molecule has 0 aliphatic carbocycles. The summed E-state index contributed by atoms with van der Waals surface area (Å²) in [6.07, 6.45) is -1.21. The van der Waals surface area contributed by atoms with Gasteiger partial charge in [0.25, 0.3) is 5.91 Å². The van der Waals surface area contributed by atoms with Crippen LogP contribution in [0.15, 0.2) is 30.3 Å². The molecular weight excluding hydrogens is 336 g/mol. The Morgan fingerprint density at radius 1 is 1.36 bits per heavy atom. The minimum atomic E-state index is -3.98. The lowest BCUT2D eigenvalue weighted by molar-refractivity contribution is -0.187. The van der Waals surface area contributed by atoms with Crippen molar-refractivity contribution in [2.75, 3.05) is 13.2 Å². The summed E-state index contributed by atoms with van der Waals surface area (Å²) >= 11 is 0. The SMILES string of the molecule is CCOC(=O)C(F)(F)[C@H](NC(=O)c1ccccc1)[C@H]1COC(C)(C)O1. The summed E-state index contributed by atoms with van der Waals surface area (Å²) in [5, 5.41) is 2.20. The second kappa shape index (κ2) is 7.45. The van der Waals surface area contributed by atoms with E-state index >= 15 is 0 Å². The second-order valence-electron chi connectivity index (χ2n) is 6.03. The summed E-state index contributed by atoms with van der Waals surface area (Å²) in [5.74, 6) is -7.54. The molecule has 1 fully saturated rings. The van der Waals surface area contributed by atoms with Gasteiger partial charge in [-0.2, -0.15) is 8.78 Å². The molecule has 0 aromatic heterocycles. The maximum Gasteiger partial charge on any atom is 0.379 e. The molecule has 0 bridgehead atoms. The Balaban J connectivity index is 2.26. The highest BCUT2D eigenvalue weighted by Gasteiger charge is 2.56. The molecule has 2 atom stereocenters. The largest absolute Gasteiger partial charge is 0.461 e. The lowest BCUT2D eigenvalue weighted by Crippen LogP contribution is -2.59. The van der Waals surface area contributed by atoms with Crippen LogP contribution in [0.5, 0.6) is 0 Å². The van der Waals surface area contributed by atoms with E-state index in [9.17, 15) is 18.4 Å². The Morgan fingerprint density at radius 2 is 2.00 bits per heavy atom. The van der Waals surface area contributed by atoms with Crippen LogP contribution in [0.25, 0.3) is 0 Å². The van der Waals surface area contributed by atoms with Gasteiger partial charge in [0.15, 0.2) is 5.79 Å². The van der Waals surface area contributed by atoms with Crippen LogP contribution in [-0.2, 0) is 19.0 Å². The first-order valence-electron chi connectivity index (χ1n) is 7.90. The molecule has 1 aromatic carbocycles. The van der Waals surface area contributed by atoms with Crippen molar-refractivity contribution in [1.82, 2.24) is 5.32 Å². The van der Waals surface area contributed by atoms with E-state index in [1.54, 1.807) is 32.0 Å². The van der Waals surface area contributed by atoms with Gasteiger partial charge in [-0.3, -0.25) is 4.79 Å². The first-order valence-corrected chi connectivity index (χ1v) is 7.90. The molecule has 1 heterocycles. The molecule has 8 heteroatoms. The molecule has 138 valence electrons. The number of hydrogen-bond donors (Lipinski definition) is 1. The van der Waals surface area contributed by atoms with Gasteiger partial charge in [-0.15, -0.1) is 0 Å². The monoisotopic (exact) mass is 357 g/mol. The van der Waals surface area contributed by atoms with E-state index < -0.39 is 35.7 Å². The molecule has 0 unspecified atom stereocenters. The molecule has 0 spiro atoms. The molecule has 25 heavy (non-hydrogen) atoms. The van der Waals surface area contributed by atoms with Crippen LogP contribution in [0.1, 0.15) is 31.1 Å². The van der Waals surface area contributed by atoms with Crippen LogP contribution in [-0.4, -0.2) is 48.9 Å². The fraction of sp³-hybridized carbons (Fsp3) is 0.529. The molecular formula is C17H21F2NO5. The number of carbonyl (C=O) groups is 2. The summed E-state index contributed by atoms with van der Waals surface area (Å²) in [4.78, 5) is 24.0. The normalized spacial score (nSPS) is 20.8. The van der Waals surface area contributed by atoms with Crippen molar-refractivity contribution < 1.29 is 32.6 Å². The van der Waals surface area contributed by atoms with Crippen LogP contribution >= 0.6 is 0 Å². The van der Waals surface area contributed by atoms with Crippen LogP contribution in [0, 0.1) is 0 Å². The molecule has 0 saturated carbocycles. The summed E-state index contributed by atoms with van der Waals surface area (Å²) in [7, 11) is 0. The minimum absolute atomic E-state index is 0.185. The third-order valence-corrected chi connectivity index (χ3v) is 3.66. The number of carbonyl (C=O) groups excluding carboxylic acids is 2. The van der Waals surface area contributed by atoms with Crippen molar-refractivity contribution in [3.63, 3.8) is 0 Å². The average molecular weight is 357 g/mol. The van der Waals surface area contributed by atoms with Gasteiger partial charge in [0.2, 0.25) is 0 Å². The van der Waals surface area contributed by atoms with Gasteiger partial charge < -0.3 is 19.5 Å². The van der Waals surface area contributed by atoms with Crippen molar-refractivity contribution in [2.24, 2.45) is 0 Å². The van der Waals surface area contributed by atoms with E-state index in [-0.39, 0.29) is 18.8 Å². The Hall–Kier alpha value is -2.06. The Labute approximate surface area is 144 Å².